The van der Waals surface area contributed by atoms with E-state index in [0.29, 0.717) is 34.8 Å². The van der Waals surface area contributed by atoms with Gasteiger partial charge in [-0.2, -0.15) is 8.78 Å². The molecule has 1 aliphatic carbocycles. The number of carbonyl (C=O) groups is 1. The number of nitrogens with one attached hydrogen (secondary N) is 2. The van der Waals surface area contributed by atoms with Crippen molar-refractivity contribution in [3.63, 3.8) is 0 Å². The highest BCUT2D eigenvalue weighted by atomic mass is 32.2. The number of halogens is 2. The van der Waals surface area contributed by atoms with Gasteiger partial charge in [0.25, 0.3) is 5.76 Å². The van der Waals surface area contributed by atoms with E-state index < -0.39 is 5.76 Å². The predicted octanol–water partition coefficient (Wildman–Crippen LogP) is 4.70. The molecule has 0 atom stereocenters. The van der Waals surface area contributed by atoms with Crippen molar-refractivity contribution in [3.05, 3.63) is 24.3 Å². The number of hydrogen-bond donors (Lipinski definition) is 2. The molecule has 0 aromatic heterocycles. The third-order valence-electron chi connectivity index (χ3n) is 3.63. The number of alkyl halides is 2. The molecule has 1 aliphatic rings. The van der Waals surface area contributed by atoms with Crippen LogP contribution in [0.5, 0.6) is 0 Å². The van der Waals surface area contributed by atoms with Gasteiger partial charge in [0.2, 0.25) is 0 Å². The maximum Gasteiger partial charge on any atom is 0.319 e. The van der Waals surface area contributed by atoms with Crippen LogP contribution in [0.1, 0.15) is 32.1 Å². The number of para-hydroxylation sites is 1. The molecule has 0 aliphatic heterocycles. The molecule has 2 N–H and O–H groups in total. The van der Waals surface area contributed by atoms with E-state index >= 15 is 0 Å². The normalized spacial score (nSPS) is 16.0. The Bertz CT molecular complexity index is 465. The Morgan fingerprint density at radius 1 is 1.24 bits per heavy atom. The van der Waals surface area contributed by atoms with Gasteiger partial charge in [-0.05, 0) is 30.9 Å². The number of urea groups is 1. The van der Waals surface area contributed by atoms with Gasteiger partial charge in [0, 0.05) is 11.4 Å². The van der Waals surface area contributed by atoms with Gasteiger partial charge in [-0.3, -0.25) is 0 Å². The van der Waals surface area contributed by atoms with E-state index in [1.165, 1.54) is 19.3 Å². The van der Waals surface area contributed by atoms with Crippen molar-refractivity contribution in [2.75, 3.05) is 11.9 Å². The molecule has 1 saturated carbocycles. The summed E-state index contributed by atoms with van der Waals surface area (Å²) in [6, 6.07) is 6.27. The van der Waals surface area contributed by atoms with Crippen LogP contribution >= 0.6 is 11.8 Å². The molecule has 2 rings (SSSR count). The molecule has 3 nitrogen and oxygen atoms in total. The number of thioether (sulfide) groups is 1. The Morgan fingerprint density at radius 2 is 1.95 bits per heavy atom. The topological polar surface area (TPSA) is 41.1 Å². The zero-order valence-corrected chi connectivity index (χ0v) is 12.6. The molecule has 0 spiro atoms. The minimum Gasteiger partial charge on any atom is -0.338 e. The third kappa shape index (κ3) is 5.53. The van der Waals surface area contributed by atoms with Gasteiger partial charge in [-0.25, -0.2) is 4.79 Å². The van der Waals surface area contributed by atoms with Crippen LogP contribution in [0.2, 0.25) is 0 Å². The number of hydrogen-bond acceptors (Lipinski definition) is 2. The van der Waals surface area contributed by atoms with Crippen LogP contribution < -0.4 is 10.6 Å². The molecule has 1 aromatic rings. The quantitative estimate of drug-likeness (QED) is 0.773. The van der Waals surface area contributed by atoms with Crippen LogP contribution in [-0.2, 0) is 0 Å². The van der Waals surface area contributed by atoms with E-state index in [4.69, 9.17) is 0 Å². The zero-order chi connectivity index (χ0) is 15.1. The van der Waals surface area contributed by atoms with Gasteiger partial charge in [0.15, 0.2) is 0 Å². The third-order valence-corrected chi connectivity index (χ3v) is 4.42. The van der Waals surface area contributed by atoms with Crippen molar-refractivity contribution in [2.45, 2.75) is 42.8 Å². The van der Waals surface area contributed by atoms with Gasteiger partial charge in [-0.1, -0.05) is 43.2 Å². The van der Waals surface area contributed by atoms with Crippen LogP contribution in [0.25, 0.3) is 0 Å². The van der Waals surface area contributed by atoms with E-state index in [9.17, 15) is 13.6 Å². The molecule has 21 heavy (non-hydrogen) atoms. The predicted molar refractivity (Wildman–Crippen MR) is 81.9 cm³/mol. The van der Waals surface area contributed by atoms with Crippen molar-refractivity contribution in [1.29, 1.82) is 0 Å². The lowest BCUT2D eigenvalue weighted by Gasteiger charge is -2.22. The summed E-state index contributed by atoms with van der Waals surface area (Å²) >= 11 is 0.437. The van der Waals surface area contributed by atoms with E-state index in [2.05, 4.69) is 10.6 Å². The van der Waals surface area contributed by atoms with Gasteiger partial charge in [-0.15, -0.1) is 0 Å². The van der Waals surface area contributed by atoms with E-state index in [1.807, 2.05) is 0 Å². The molecular formula is C15H20F2N2OS. The fraction of sp³-hybridized carbons (Fsp3) is 0.533. The molecule has 0 radical (unpaired) electrons. The first-order valence-electron chi connectivity index (χ1n) is 7.24. The summed E-state index contributed by atoms with van der Waals surface area (Å²) in [5, 5.41) is 5.49. The Kier molecular flexibility index (Phi) is 6.29. The fourth-order valence-electron chi connectivity index (χ4n) is 2.56. The fourth-order valence-corrected chi connectivity index (χ4v) is 3.16. The lowest BCUT2D eigenvalue weighted by molar-refractivity contribution is 0.247. The first-order valence-corrected chi connectivity index (χ1v) is 8.12. The second-order valence-electron chi connectivity index (χ2n) is 5.21. The molecule has 6 heteroatoms. The van der Waals surface area contributed by atoms with E-state index in [0.717, 1.165) is 12.8 Å². The summed E-state index contributed by atoms with van der Waals surface area (Å²) in [6.07, 6.45) is 6.03. The maximum atomic E-state index is 12.5. The lowest BCUT2D eigenvalue weighted by Crippen LogP contribution is -2.33. The Labute approximate surface area is 127 Å². The average Bonchev–Trinajstić information content (AvgIpc) is 2.48. The van der Waals surface area contributed by atoms with Crippen molar-refractivity contribution < 1.29 is 13.6 Å². The summed E-state index contributed by atoms with van der Waals surface area (Å²) < 4.78 is 24.9. The minimum absolute atomic E-state index is 0.331. The molecule has 0 saturated heterocycles. The maximum absolute atomic E-state index is 12.5. The largest absolute Gasteiger partial charge is 0.338 e. The zero-order valence-electron chi connectivity index (χ0n) is 11.8. The first-order chi connectivity index (χ1) is 10.1. The highest BCUT2D eigenvalue weighted by Gasteiger charge is 2.15. The Hall–Kier alpha value is -1.30. The van der Waals surface area contributed by atoms with E-state index in [-0.39, 0.29) is 6.03 Å². The van der Waals surface area contributed by atoms with Gasteiger partial charge in [0.05, 0.1) is 5.69 Å². The van der Waals surface area contributed by atoms with Crippen LogP contribution in [-0.4, -0.2) is 18.3 Å². The molecular weight excluding hydrogens is 294 g/mol. The summed E-state index contributed by atoms with van der Waals surface area (Å²) in [5.41, 5.74) is 0.420. The van der Waals surface area contributed by atoms with Gasteiger partial charge >= 0.3 is 6.03 Å². The van der Waals surface area contributed by atoms with Crippen LogP contribution in [0.4, 0.5) is 19.3 Å². The molecule has 116 valence electrons. The molecule has 1 fully saturated rings. The molecule has 0 unspecified atom stereocenters. The number of carbonyl (C=O) groups excluding carboxylic acids is 1. The molecule has 1 aromatic carbocycles. The summed E-state index contributed by atoms with van der Waals surface area (Å²) in [7, 11) is 0. The summed E-state index contributed by atoms with van der Waals surface area (Å²) in [4.78, 5) is 12.2. The highest BCUT2D eigenvalue weighted by molar-refractivity contribution is 7.99. The van der Waals surface area contributed by atoms with Crippen molar-refractivity contribution in [2.24, 2.45) is 5.92 Å². The Balaban J connectivity index is 1.84. The standard InChI is InChI=1S/C15H20F2N2OS/c16-14(17)21-13-9-5-4-8-12(13)19-15(20)18-10-11-6-2-1-3-7-11/h4-5,8-9,11,14H,1-3,6-7,10H2,(H2,18,19,20). The smallest absolute Gasteiger partial charge is 0.319 e. The lowest BCUT2D eigenvalue weighted by atomic mass is 9.89. The number of anilines is 1. The number of rotatable bonds is 5. The van der Waals surface area contributed by atoms with Crippen LogP contribution in [0.3, 0.4) is 0 Å². The van der Waals surface area contributed by atoms with Crippen molar-refractivity contribution in [3.8, 4) is 0 Å². The van der Waals surface area contributed by atoms with Crippen LogP contribution in [0.15, 0.2) is 29.2 Å². The monoisotopic (exact) mass is 314 g/mol. The van der Waals surface area contributed by atoms with Gasteiger partial charge < -0.3 is 10.6 Å². The Morgan fingerprint density at radius 3 is 2.67 bits per heavy atom. The first kappa shape index (κ1) is 16.1. The SMILES string of the molecule is O=C(NCC1CCCCC1)Nc1ccccc1SC(F)F. The molecule has 2 amide bonds. The van der Waals surface area contributed by atoms with E-state index in [1.54, 1.807) is 24.3 Å². The van der Waals surface area contributed by atoms with Crippen molar-refractivity contribution >= 4 is 23.5 Å². The van der Waals surface area contributed by atoms with Crippen LogP contribution in [0, 0.1) is 5.92 Å². The molecule has 0 bridgehead atoms. The van der Waals surface area contributed by atoms with Gasteiger partial charge in [0.1, 0.15) is 0 Å². The minimum atomic E-state index is -2.50. The summed E-state index contributed by atoms with van der Waals surface area (Å²) in [6.45, 7) is 0.649. The van der Waals surface area contributed by atoms with Crippen molar-refractivity contribution in [1.82, 2.24) is 5.32 Å². The second kappa shape index (κ2) is 8.22. The average molecular weight is 314 g/mol. The molecule has 0 heterocycles. The highest BCUT2D eigenvalue weighted by Crippen LogP contribution is 2.31. The number of amides is 2. The summed E-state index contributed by atoms with van der Waals surface area (Å²) in [5.74, 6) is -1.96. The number of benzene rings is 1. The second-order valence-corrected chi connectivity index (χ2v) is 6.25.